The maximum atomic E-state index is 4.89. The van der Waals surface area contributed by atoms with Crippen molar-refractivity contribution in [2.75, 3.05) is 5.32 Å². The third-order valence-electron chi connectivity index (χ3n) is 5.08. The first-order valence-electron chi connectivity index (χ1n) is 8.98. The largest absolute Gasteiger partial charge is 0.365 e. The number of anilines is 1. The first-order valence-corrected chi connectivity index (χ1v) is 8.98. The second kappa shape index (κ2) is 5.88. The van der Waals surface area contributed by atoms with Crippen molar-refractivity contribution in [2.24, 2.45) is 0 Å². The lowest BCUT2D eigenvalue weighted by Gasteiger charge is -2.13. The fourth-order valence-electron chi connectivity index (χ4n) is 3.80. The van der Waals surface area contributed by atoms with Gasteiger partial charge in [-0.05, 0) is 31.0 Å². The molecule has 0 aliphatic heterocycles. The summed E-state index contributed by atoms with van der Waals surface area (Å²) in [7, 11) is 0. The lowest BCUT2D eigenvalue weighted by atomic mass is 10.1. The molecule has 1 N–H and O–H groups in total. The topological polar surface area (TPSA) is 42.7 Å². The third-order valence-corrected chi connectivity index (χ3v) is 5.08. The Morgan fingerprint density at radius 2 is 1.64 bits per heavy atom. The zero-order chi connectivity index (χ0) is 16.6. The predicted octanol–water partition coefficient (Wildman–Crippen LogP) is 4.93. The number of hydrogen-bond donors (Lipinski definition) is 1. The summed E-state index contributed by atoms with van der Waals surface area (Å²) in [5.74, 6) is 0.912. The van der Waals surface area contributed by atoms with Crippen LogP contribution in [0.4, 0.5) is 5.82 Å². The van der Waals surface area contributed by atoms with Gasteiger partial charge in [0.15, 0.2) is 5.82 Å². The van der Waals surface area contributed by atoms with Crippen LogP contribution >= 0.6 is 0 Å². The van der Waals surface area contributed by atoms with Gasteiger partial charge in [0.1, 0.15) is 5.52 Å². The molecule has 4 heteroatoms. The molecule has 2 aromatic carbocycles. The van der Waals surface area contributed by atoms with Crippen molar-refractivity contribution in [3.8, 4) is 5.69 Å². The molecule has 0 spiro atoms. The minimum atomic E-state index is 0.513. The molecule has 0 amide bonds. The number of pyridine rings is 1. The molecule has 25 heavy (non-hydrogen) atoms. The van der Waals surface area contributed by atoms with E-state index < -0.39 is 0 Å². The summed E-state index contributed by atoms with van der Waals surface area (Å²) in [6, 6.07) is 19.1. The van der Waals surface area contributed by atoms with E-state index in [0.29, 0.717) is 6.04 Å². The lowest BCUT2D eigenvalue weighted by Crippen LogP contribution is -2.16. The average Bonchev–Trinajstić information content (AvgIpc) is 3.32. The van der Waals surface area contributed by atoms with Crippen LogP contribution in [0.25, 0.3) is 27.5 Å². The maximum absolute atomic E-state index is 4.89. The summed E-state index contributed by atoms with van der Waals surface area (Å²) >= 11 is 0. The number of aromatic nitrogens is 3. The number of rotatable bonds is 3. The standard InChI is InChI=1S/C21H20N4/c1-2-10-16(11-3-1)25-14-18-17-12-6-7-13-19(17)23-21(20(18)24-25)22-15-8-4-5-9-15/h1-3,6-7,10-15H,4-5,8-9H2,(H,22,23). The molecule has 2 heterocycles. The van der Waals surface area contributed by atoms with Crippen molar-refractivity contribution in [1.82, 2.24) is 14.8 Å². The molecule has 1 fully saturated rings. The molecule has 1 saturated carbocycles. The highest BCUT2D eigenvalue weighted by molar-refractivity contribution is 6.08. The average molecular weight is 328 g/mol. The number of benzene rings is 2. The van der Waals surface area contributed by atoms with Crippen molar-refractivity contribution < 1.29 is 0 Å². The van der Waals surface area contributed by atoms with Crippen LogP contribution in [0.5, 0.6) is 0 Å². The van der Waals surface area contributed by atoms with E-state index in [1.54, 1.807) is 0 Å². The van der Waals surface area contributed by atoms with Gasteiger partial charge in [-0.3, -0.25) is 0 Å². The van der Waals surface area contributed by atoms with E-state index in [9.17, 15) is 0 Å². The van der Waals surface area contributed by atoms with Crippen LogP contribution in [0.2, 0.25) is 0 Å². The number of nitrogens with zero attached hydrogens (tertiary/aromatic N) is 3. The van der Waals surface area contributed by atoms with E-state index in [-0.39, 0.29) is 0 Å². The minimum absolute atomic E-state index is 0.513. The van der Waals surface area contributed by atoms with Gasteiger partial charge in [-0.2, -0.15) is 5.10 Å². The van der Waals surface area contributed by atoms with Crippen LogP contribution < -0.4 is 5.32 Å². The summed E-state index contributed by atoms with van der Waals surface area (Å²) < 4.78 is 1.96. The fraction of sp³-hybridized carbons (Fsp3) is 0.238. The van der Waals surface area contributed by atoms with Gasteiger partial charge in [-0.25, -0.2) is 9.67 Å². The molecule has 4 nitrogen and oxygen atoms in total. The highest BCUT2D eigenvalue weighted by Crippen LogP contribution is 2.31. The number of para-hydroxylation sites is 2. The molecule has 0 saturated heterocycles. The Bertz CT molecular complexity index is 1030. The van der Waals surface area contributed by atoms with E-state index in [4.69, 9.17) is 10.1 Å². The van der Waals surface area contributed by atoms with Crippen LogP contribution in [-0.2, 0) is 0 Å². The highest BCUT2D eigenvalue weighted by atomic mass is 15.3. The monoisotopic (exact) mass is 328 g/mol. The van der Waals surface area contributed by atoms with Gasteiger partial charge in [0.2, 0.25) is 0 Å². The number of hydrogen-bond acceptors (Lipinski definition) is 3. The third kappa shape index (κ3) is 2.54. The van der Waals surface area contributed by atoms with Gasteiger partial charge < -0.3 is 5.32 Å². The molecule has 1 aliphatic rings. The van der Waals surface area contributed by atoms with E-state index in [2.05, 4.69) is 41.8 Å². The number of nitrogens with one attached hydrogen (secondary N) is 1. The van der Waals surface area contributed by atoms with Gasteiger partial charge in [0, 0.05) is 23.0 Å². The van der Waals surface area contributed by atoms with Gasteiger partial charge >= 0.3 is 0 Å². The second-order valence-electron chi connectivity index (χ2n) is 6.77. The number of fused-ring (bicyclic) bond motifs is 3. The lowest BCUT2D eigenvalue weighted by molar-refractivity contribution is 0.752. The summed E-state index contributed by atoms with van der Waals surface area (Å²) in [4.78, 5) is 4.89. The van der Waals surface area contributed by atoms with Crippen LogP contribution in [0.15, 0.2) is 60.8 Å². The first-order chi connectivity index (χ1) is 12.4. The molecular weight excluding hydrogens is 308 g/mol. The molecule has 5 rings (SSSR count). The Morgan fingerprint density at radius 1 is 0.880 bits per heavy atom. The van der Waals surface area contributed by atoms with Crippen molar-refractivity contribution in [3.63, 3.8) is 0 Å². The summed E-state index contributed by atoms with van der Waals surface area (Å²) in [6.07, 6.45) is 7.15. The van der Waals surface area contributed by atoms with Crippen molar-refractivity contribution in [1.29, 1.82) is 0 Å². The van der Waals surface area contributed by atoms with Gasteiger partial charge in [-0.1, -0.05) is 49.2 Å². The van der Waals surface area contributed by atoms with Crippen molar-refractivity contribution in [2.45, 2.75) is 31.7 Å². The molecule has 124 valence electrons. The summed E-state index contributed by atoms with van der Waals surface area (Å²) in [5.41, 5.74) is 3.03. The Kier molecular flexibility index (Phi) is 3.40. The van der Waals surface area contributed by atoms with Crippen LogP contribution in [-0.4, -0.2) is 20.8 Å². The van der Waals surface area contributed by atoms with Crippen LogP contribution in [0.1, 0.15) is 25.7 Å². The quantitative estimate of drug-likeness (QED) is 0.580. The Morgan fingerprint density at radius 3 is 2.48 bits per heavy atom. The summed E-state index contributed by atoms with van der Waals surface area (Å²) in [5, 5.41) is 10.8. The van der Waals surface area contributed by atoms with Crippen LogP contribution in [0, 0.1) is 0 Å². The van der Waals surface area contributed by atoms with Gasteiger partial charge in [0.25, 0.3) is 0 Å². The molecule has 0 atom stereocenters. The van der Waals surface area contributed by atoms with E-state index in [1.165, 1.54) is 25.7 Å². The Balaban J connectivity index is 1.72. The molecule has 4 aromatic rings. The zero-order valence-electron chi connectivity index (χ0n) is 14.0. The summed E-state index contributed by atoms with van der Waals surface area (Å²) in [6.45, 7) is 0. The normalized spacial score (nSPS) is 15.2. The SMILES string of the molecule is c1ccc(-n2cc3c(n2)c(NC2CCCC2)nc2ccccc23)cc1. The van der Waals surface area contributed by atoms with E-state index in [0.717, 1.165) is 33.3 Å². The van der Waals surface area contributed by atoms with Crippen molar-refractivity contribution in [3.05, 3.63) is 60.8 Å². The predicted molar refractivity (Wildman–Crippen MR) is 102 cm³/mol. The van der Waals surface area contributed by atoms with Crippen molar-refractivity contribution >= 4 is 27.6 Å². The zero-order valence-corrected chi connectivity index (χ0v) is 14.0. The fourth-order valence-corrected chi connectivity index (χ4v) is 3.80. The van der Waals surface area contributed by atoms with Gasteiger partial charge in [-0.15, -0.1) is 0 Å². The Labute approximate surface area is 146 Å². The van der Waals surface area contributed by atoms with E-state index in [1.807, 2.05) is 28.9 Å². The van der Waals surface area contributed by atoms with Gasteiger partial charge in [0.05, 0.1) is 11.2 Å². The molecular formula is C21H20N4. The molecule has 1 aliphatic carbocycles. The molecule has 0 unspecified atom stereocenters. The molecule has 0 bridgehead atoms. The molecule has 2 aromatic heterocycles. The Hall–Kier alpha value is -2.88. The highest BCUT2D eigenvalue weighted by Gasteiger charge is 2.19. The van der Waals surface area contributed by atoms with E-state index >= 15 is 0 Å². The maximum Gasteiger partial charge on any atom is 0.155 e. The van der Waals surface area contributed by atoms with Crippen LogP contribution in [0.3, 0.4) is 0 Å². The smallest absolute Gasteiger partial charge is 0.155 e. The minimum Gasteiger partial charge on any atom is -0.365 e. The molecule has 0 radical (unpaired) electrons. The first kappa shape index (κ1) is 14.5. The second-order valence-corrected chi connectivity index (χ2v) is 6.77.